The van der Waals surface area contributed by atoms with Crippen LogP contribution >= 0.6 is 0 Å². The molecule has 114 valence electrons. The highest BCUT2D eigenvalue weighted by Gasteiger charge is 2.26. The van der Waals surface area contributed by atoms with Gasteiger partial charge in [0.1, 0.15) is 5.82 Å². The summed E-state index contributed by atoms with van der Waals surface area (Å²) in [5, 5.41) is 3.68. The fourth-order valence-corrected chi connectivity index (χ4v) is 3.17. The van der Waals surface area contributed by atoms with Crippen LogP contribution in [0.1, 0.15) is 70.7 Å². The monoisotopic (exact) mass is 277 g/mol. The number of nitrogens with one attached hydrogen (secondary N) is 1. The van der Waals surface area contributed by atoms with Gasteiger partial charge in [-0.1, -0.05) is 13.8 Å². The van der Waals surface area contributed by atoms with Crippen LogP contribution in [0.4, 0.5) is 0 Å². The Morgan fingerprint density at radius 3 is 2.45 bits per heavy atom. The third-order valence-corrected chi connectivity index (χ3v) is 4.29. The summed E-state index contributed by atoms with van der Waals surface area (Å²) in [6.45, 7) is 14.5. The highest BCUT2D eigenvalue weighted by atomic mass is 15.1. The van der Waals surface area contributed by atoms with Gasteiger partial charge in [0.15, 0.2) is 0 Å². The second-order valence-electron chi connectivity index (χ2n) is 7.57. The van der Waals surface area contributed by atoms with Crippen molar-refractivity contribution in [3.63, 3.8) is 0 Å². The molecule has 0 spiro atoms. The Bertz CT molecular complexity index is 452. The van der Waals surface area contributed by atoms with Crippen molar-refractivity contribution in [2.24, 2.45) is 5.92 Å². The molecular formula is C17H31N3. The molecule has 3 nitrogen and oxygen atoms in total. The van der Waals surface area contributed by atoms with Crippen LogP contribution in [-0.4, -0.2) is 21.6 Å². The van der Waals surface area contributed by atoms with E-state index in [1.165, 1.54) is 42.9 Å². The van der Waals surface area contributed by atoms with Crippen molar-refractivity contribution in [3.8, 4) is 0 Å². The molecule has 0 bridgehead atoms. The highest BCUT2D eigenvalue weighted by Crippen LogP contribution is 2.28. The van der Waals surface area contributed by atoms with Crippen LogP contribution in [0.15, 0.2) is 0 Å². The smallest absolute Gasteiger partial charge is 0.106 e. The summed E-state index contributed by atoms with van der Waals surface area (Å²) in [5.74, 6) is 1.81. The van der Waals surface area contributed by atoms with E-state index in [1.807, 2.05) is 0 Å². The van der Waals surface area contributed by atoms with Gasteiger partial charge in [-0.05, 0) is 59.3 Å². The Balaban J connectivity index is 2.27. The quantitative estimate of drug-likeness (QED) is 0.910. The van der Waals surface area contributed by atoms with E-state index in [9.17, 15) is 0 Å². The summed E-state index contributed by atoms with van der Waals surface area (Å²) in [4.78, 5) is 4.83. The Morgan fingerprint density at radius 1 is 1.20 bits per heavy atom. The average Bonchev–Trinajstić information content (AvgIpc) is 2.65. The standard InChI is InChI=1S/C17H31N3/c1-12(2)16(11-18-17(4,5)6)20-13(3)19-14-9-7-8-10-15(14)20/h12,16,18H,7-11H2,1-6H3. The summed E-state index contributed by atoms with van der Waals surface area (Å²) in [6.07, 6.45) is 4.99. The molecule has 0 aliphatic heterocycles. The number of aryl methyl sites for hydroxylation is 2. The molecule has 3 heteroatoms. The van der Waals surface area contributed by atoms with Crippen molar-refractivity contribution in [2.75, 3.05) is 6.54 Å². The Morgan fingerprint density at radius 2 is 1.85 bits per heavy atom. The molecule has 2 rings (SSSR count). The van der Waals surface area contributed by atoms with Gasteiger partial charge < -0.3 is 9.88 Å². The fraction of sp³-hybridized carbons (Fsp3) is 0.824. The maximum absolute atomic E-state index is 4.83. The lowest BCUT2D eigenvalue weighted by molar-refractivity contribution is 0.302. The molecule has 1 aliphatic carbocycles. The number of imidazole rings is 1. The Kier molecular flexibility index (Phi) is 4.58. The number of aromatic nitrogens is 2. The first-order valence-electron chi connectivity index (χ1n) is 8.11. The molecule has 1 heterocycles. The lowest BCUT2D eigenvalue weighted by atomic mass is 9.97. The van der Waals surface area contributed by atoms with Crippen molar-refractivity contribution in [1.29, 1.82) is 0 Å². The van der Waals surface area contributed by atoms with Gasteiger partial charge in [0, 0.05) is 23.8 Å². The number of nitrogens with zero attached hydrogens (tertiary/aromatic N) is 2. The third-order valence-electron chi connectivity index (χ3n) is 4.29. The van der Waals surface area contributed by atoms with Gasteiger partial charge in [0.2, 0.25) is 0 Å². The molecule has 0 saturated heterocycles. The first-order valence-corrected chi connectivity index (χ1v) is 8.11. The molecule has 20 heavy (non-hydrogen) atoms. The molecular weight excluding hydrogens is 246 g/mol. The third kappa shape index (κ3) is 3.43. The zero-order chi connectivity index (χ0) is 14.9. The molecule has 1 aromatic rings. The summed E-state index contributed by atoms with van der Waals surface area (Å²) >= 11 is 0. The first-order chi connectivity index (χ1) is 9.29. The van der Waals surface area contributed by atoms with Crippen molar-refractivity contribution >= 4 is 0 Å². The summed E-state index contributed by atoms with van der Waals surface area (Å²) in [7, 11) is 0. The Labute approximate surface area is 124 Å². The second kappa shape index (κ2) is 5.88. The van der Waals surface area contributed by atoms with Crippen LogP contribution in [0.3, 0.4) is 0 Å². The predicted octanol–water partition coefficient (Wildman–Crippen LogP) is 3.66. The first kappa shape index (κ1) is 15.6. The van der Waals surface area contributed by atoms with Gasteiger partial charge >= 0.3 is 0 Å². The Hall–Kier alpha value is -0.830. The molecule has 1 N–H and O–H groups in total. The fourth-order valence-electron chi connectivity index (χ4n) is 3.17. The lowest BCUT2D eigenvalue weighted by Gasteiger charge is -2.31. The van der Waals surface area contributed by atoms with Crippen molar-refractivity contribution < 1.29 is 0 Å². The minimum atomic E-state index is 0.168. The van der Waals surface area contributed by atoms with Gasteiger partial charge in [-0.3, -0.25) is 0 Å². The van der Waals surface area contributed by atoms with Gasteiger partial charge in [0.05, 0.1) is 5.69 Å². The zero-order valence-electron chi connectivity index (χ0n) is 14.1. The van der Waals surface area contributed by atoms with Gasteiger partial charge in [-0.25, -0.2) is 4.98 Å². The maximum Gasteiger partial charge on any atom is 0.106 e. The maximum atomic E-state index is 4.83. The zero-order valence-corrected chi connectivity index (χ0v) is 14.1. The van der Waals surface area contributed by atoms with Crippen molar-refractivity contribution in [2.45, 2.75) is 78.8 Å². The number of hydrogen-bond acceptors (Lipinski definition) is 2. The van der Waals surface area contributed by atoms with Gasteiger partial charge in [-0.2, -0.15) is 0 Å². The van der Waals surface area contributed by atoms with Crippen LogP contribution in [0.2, 0.25) is 0 Å². The van der Waals surface area contributed by atoms with E-state index in [2.05, 4.69) is 51.4 Å². The molecule has 0 aromatic carbocycles. The molecule has 0 amide bonds. The van der Waals surface area contributed by atoms with Crippen LogP contribution in [0.5, 0.6) is 0 Å². The summed E-state index contributed by atoms with van der Waals surface area (Å²) in [6, 6.07) is 0.503. The SMILES string of the molecule is Cc1nc2c(n1C(CNC(C)(C)C)C(C)C)CCCC2. The molecule has 0 radical (unpaired) electrons. The van der Waals surface area contributed by atoms with Crippen LogP contribution in [0.25, 0.3) is 0 Å². The van der Waals surface area contributed by atoms with E-state index < -0.39 is 0 Å². The van der Waals surface area contributed by atoms with E-state index in [0.717, 1.165) is 6.54 Å². The minimum Gasteiger partial charge on any atom is -0.327 e. The topological polar surface area (TPSA) is 29.9 Å². The van der Waals surface area contributed by atoms with E-state index in [-0.39, 0.29) is 5.54 Å². The van der Waals surface area contributed by atoms with E-state index >= 15 is 0 Å². The summed E-state index contributed by atoms with van der Waals surface area (Å²) < 4.78 is 2.53. The van der Waals surface area contributed by atoms with Gasteiger partial charge in [0.25, 0.3) is 0 Å². The lowest BCUT2D eigenvalue weighted by Crippen LogP contribution is -2.41. The number of rotatable bonds is 4. The van der Waals surface area contributed by atoms with E-state index in [0.29, 0.717) is 12.0 Å². The molecule has 1 aromatic heterocycles. The van der Waals surface area contributed by atoms with Crippen molar-refractivity contribution in [1.82, 2.24) is 14.9 Å². The van der Waals surface area contributed by atoms with Crippen LogP contribution in [-0.2, 0) is 12.8 Å². The van der Waals surface area contributed by atoms with Crippen LogP contribution < -0.4 is 5.32 Å². The predicted molar refractivity (Wildman–Crippen MR) is 85.2 cm³/mol. The van der Waals surface area contributed by atoms with E-state index in [1.54, 1.807) is 0 Å². The number of hydrogen-bond donors (Lipinski definition) is 1. The number of fused-ring (bicyclic) bond motifs is 1. The molecule has 1 unspecified atom stereocenters. The largest absolute Gasteiger partial charge is 0.327 e. The van der Waals surface area contributed by atoms with E-state index in [4.69, 9.17) is 4.98 Å². The van der Waals surface area contributed by atoms with Crippen molar-refractivity contribution in [3.05, 3.63) is 17.2 Å². The average molecular weight is 277 g/mol. The normalized spacial score (nSPS) is 17.4. The highest BCUT2D eigenvalue weighted by molar-refractivity contribution is 5.21. The molecule has 1 aliphatic rings. The second-order valence-corrected chi connectivity index (χ2v) is 7.57. The summed E-state index contributed by atoms with van der Waals surface area (Å²) in [5.41, 5.74) is 3.03. The molecule has 0 fully saturated rings. The van der Waals surface area contributed by atoms with Gasteiger partial charge in [-0.15, -0.1) is 0 Å². The minimum absolute atomic E-state index is 0.168. The molecule has 0 saturated carbocycles. The molecule has 1 atom stereocenters. The van der Waals surface area contributed by atoms with Crippen LogP contribution in [0, 0.1) is 12.8 Å².